The molecule has 1 aliphatic rings. The molecule has 0 aliphatic heterocycles. The Balaban J connectivity index is 1.56. The zero-order valence-corrected chi connectivity index (χ0v) is 28.5. The SMILES string of the molecule is Cc1ccc(S(=O)(=O)N(CC(=O)N(Cc2ccccc2)C(Cc2ccccc2)C(=O)NC2CCCCC2)c2ccc(C)c(Cl)c2)cc1. The highest BCUT2D eigenvalue weighted by molar-refractivity contribution is 7.92. The smallest absolute Gasteiger partial charge is 0.264 e. The molecular formula is C38H42ClN3O4S. The lowest BCUT2D eigenvalue weighted by molar-refractivity contribution is -0.140. The number of benzene rings is 4. The minimum absolute atomic E-state index is 0.0383. The van der Waals surface area contributed by atoms with Crippen molar-refractivity contribution in [3.05, 3.63) is 130 Å². The van der Waals surface area contributed by atoms with E-state index < -0.39 is 28.5 Å². The number of sulfonamides is 1. The number of carbonyl (C=O) groups excluding carboxylic acids is 2. The van der Waals surface area contributed by atoms with Gasteiger partial charge in [0.15, 0.2) is 0 Å². The van der Waals surface area contributed by atoms with Crippen LogP contribution in [0.4, 0.5) is 5.69 Å². The first-order valence-electron chi connectivity index (χ1n) is 16.1. The number of halogens is 1. The number of hydrogen-bond acceptors (Lipinski definition) is 4. The van der Waals surface area contributed by atoms with Gasteiger partial charge in [-0.05, 0) is 67.6 Å². The van der Waals surface area contributed by atoms with E-state index in [1.807, 2.05) is 74.5 Å². The molecule has 4 aromatic carbocycles. The average molecular weight is 672 g/mol. The highest BCUT2D eigenvalue weighted by atomic mass is 35.5. The molecule has 1 unspecified atom stereocenters. The van der Waals surface area contributed by atoms with Gasteiger partial charge in [-0.1, -0.05) is 115 Å². The van der Waals surface area contributed by atoms with E-state index in [0.29, 0.717) is 5.02 Å². The summed E-state index contributed by atoms with van der Waals surface area (Å²) in [5.41, 5.74) is 3.68. The molecule has 7 nitrogen and oxygen atoms in total. The monoisotopic (exact) mass is 671 g/mol. The van der Waals surface area contributed by atoms with E-state index >= 15 is 0 Å². The standard InChI is InChI=1S/C38H42ClN3O4S/c1-28-18-22-34(23-19-28)47(45,46)42(33-21-20-29(2)35(39)25-33)27-37(43)41(26-31-14-8-4-9-15-31)36(24-30-12-6-3-7-13-30)38(44)40-32-16-10-5-11-17-32/h3-4,6-9,12-15,18-23,25,32,36H,5,10-11,16-17,24,26-27H2,1-2H3,(H,40,44). The van der Waals surface area contributed by atoms with Crippen LogP contribution in [0, 0.1) is 13.8 Å². The Morgan fingerprint density at radius 1 is 0.830 bits per heavy atom. The van der Waals surface area contributed by atoms with Crippen LogP contribution < -0.4 is 9.62 Å². The molecule has 0 spiro atoms. The van der Waals surface area contributed by atoms with E-state index in [9.17, 15) is 18.0 Å². The summed E-state index contributed by atoms with van der Waals surface area (Å²) >= 11 is 6.49. The minimum Gasteiger partial charge on any atom is -0.352 e. The third-order valence-electron chi connectivity index (χ3n) is 8.75. The summed E-state index contributed by atoms with van der Waals surface area (Å²) in [5.74, 6) is -0.739. The molecule has 1 atom stereocenters. The molecule has 0 aromatic heterocycles. The van der Waals surface area contributed by atoms with Gasteiger partial charge < -0.3 is 10.2 Å². The average Bonchev–Trinajstić information content (AvgIpc) is 3.08. The first kappa shape index (κ1) is 34.2. The molecule has 1 aliphatic carbocycles. The molecule has 1 fully saturated rings. The van der Waals surface area contributed by atoms with Crippen LogP contribution in [-0.2, 0) is 32.6 Å². The van der Waals surface area contributed by atoms with Crippen molar-refractivity contribution in [1.82, 2.24) is 10.2 Å². The zero-order valence-electron chi connectivity index (χ0n) is 26.9. The summed E-state index contributed by atoms with van der Waals surface area (Å²) in [7, 11) is -4.20. The molecule has 47 heavy (non-hydrogen) atoms. The summed E-state index contributed by atoms with van der Waals surface area (Å²) in [6.45, 7) is 3.31. The molecule has 1 saturated carbocycles. The first-order chi connectivity index (χ1) is 22.6. The predicted octanol–water partition coefficient (Wildman–Crippen LogP) is 7.24. The fraction of sp³-hybridized carbons (Fsp3) is 0.316. The van der Waals surface area contributed by atoms with Crippen LogP contribution in [0.25, 0.3) is 0 Å². The Kier molecular flexibility index (Phi) is 11.4. The predicted molar refractivity (Wildman–Crippen MR) is 188 cm³/mol. The van der Waals surface area contributed by atoms with E-state index in [1.165, 1.54) is 17.0 Å². The van der Waals surface area contributed by atoms with Crippen LogP contribution in [0.2, 0.25) is 5.02 Å². The van der Waals surface area contributed by atoms with E-state index in [1.54, 1.807) is 30.3 Å². The minimum atomic E-state index is -4.20. The van der Waals surface area contributed by atoms with E-state index in [0.717, 1.165) is 58.7 Å². The van der Waals surface area contributed by atoms with Crippen molar-refractivity contribution in [2.75, 3.05) is 10.8 Å². The van der Waals surface area contributed by atoms with Gasteiger partial charge >= 0.3 is 0 Å². The first-order valence-corrected chi connectivity index (χ1v) is 18.0. The number of nitrogens with zero attached hydrogens (tertiary/aromatic N) is 2. The number of nitrogens with one attached hydrogen (secondary N) is 1. The molecule has 0 saturated heterocycles. The van der Waals surface area contributed by atoms with Gasteiger partial charge in [0.1, 0.15) is 12.6 Å². The van der Waals surface area contributed by atoms with Gasteiger partial charge in [0.25, 0.3) is 10.0 Å². The highest BCUT2D eigenvalue weighted by Gasteiger charge is 2.35. The van der Waals surface area contributed by atoms with Crippen LogP contribution in [0.3, 0.4) is 0 Å². The lowest BCUT2D eigenvalue weighted by Gasteiger charge is -2.35. The van der Waals surface area contributed by atoms with Crippen molar-refractivity contribution in [2.45, 2.75) is 75.9 Å². The maximum absolute atomic E-state index is 14.7. The summed E-state index contributed by atoms with van der Waals surface area (Å²) < 4.78 is 29.6. The maximum Gasteiger partial charge on any atom is 0.264 e. The fourth-order valence-corrected chi connectivity index (χ4v) is 7.56. The lowest BCUT2D eigenvalue weighted by atomic mass is 9.94. The van der Waals surface area contributed by atoms with Crippen LogP contribution in [0.5, 0.6) is 0 Å². The van der Waals surface area contributed by atoms with Gasteiger partial charge in [-0.15, -0.1) is 0 Å². The molecule has 0 radical (unpaired) electrons. The van der Waals surface area contributed by atoms with Gasteiger partial charge in [-0.3, -0.25) is 13.9 Å². The summed E-state index contributed by atoms with van der Waals surface area (Å²) in [5, 5.41) is 3.62. The molecule has 2 amide bonds. The molecule has 9 heteroatoms. The van der Waals surface area contributed by atoms with Crippen molar-refractivity contribution in [3.8, 4) is 0 Å². The maximum atomic E-state index is 14.7. The van der Waals surface area contributed by atoms with Crippen LogP contribution in [-0.4, -0.2) is 43.8 Å². The second-order valence-corrected chi connectivity index (χ2v) is 14.6. The number of rotatable bonds is 12. The lowest BCUT2D eigenvalue weighted by Crippen LogP contribution is -2.55. The summed E-state index contributed by atoms with van der Waals surface area (Å²) in [6.07, 6.45) is 5.31. The third-order valence-corrected chi connectivity index (χ3v) is 10.9. The van der Waals surface area contributed by atoms with Crippen LogP contribution in [0.15, 0.2) is 108 Å². The Morgan fingerprint density at radius 2 is 1.45 bits per heavy atom. The molecule has 0 heterocycles. The summed E-state index contributed by atoms with van der Waals surface area (Å²) in [6, 6.07) is 29.7. The van der Waals surface area contributed by atoms with Gasteiger partial charge in [0.2, 0.25) is 11.8 Å². The normalized spacial score (nSPS) is 14.3. The topological polar surface area (TPSA) is 86.8 Å². The van der Waals surface area contributed by atoms with Gasteiger partial charge in [0, 0.05) is 24.0 Å². The molecular weight excluding hydrogens is 630 g/mol. The molecule has 1 N–H and O–H groups in total. The Hall–Kier alpha value is -4.14. The second kappa shape index (κ2) is 15.6. The molecule has 0 bridgehead atoms. The van der Waals surface area contributed by atoms with Crippen molar-refractivity contribution >= 4 is 39.1 Å². The largest absolute Gasteiger partial charge is 0.352 e. The number of carbonyl (C=O) groups is 2. The third kappa shape index (κ3) is 8.82. The van der Waals surface area contributed by atoms with Gasteiger partial charge in [-0.2, -0.15) is 0 Å². The van der Waals surface area contributed by atoms with Crippen LogP contribution >= 0.6 is 11.6 Å². The van der Waals surface area contributed by atoms with Crippen molar-refractivity contribution < 1.29 is 18.0 Å². The Labute approximate surface area is 283 Å². The Morgan fingerprint density at radius 3 is 2.06 bits per heavy atom. The van der Waals surface area contributed by atoms with Gasteiger partial charge in [0.05, 0.1) is 10.6 Å². The number of hydrogen-bond donors (Lipinski definition) is 1. The molecule has 246 valence electrons. The van der Waals surface area contributed by atoms with E-state index in [-0.39, 0.29) is 35.5 Å². The van der Waals surface area contributed by atoms with Crippen LogP contribution in [0.1, 0.15) is 54.4 Å². The quantitative estimate of drug-likeness (QED) is 0.172. The van der Waals surface area contributed by atoms with Crippen molar-refractivity contribution in [3.63, 3.8) is 0 Å². The number of aryl methyl sites for hydroxylation is 2. The summed E-state index contributed by atoms with van der Waals surface area (Å²) in [4.78, 5) is 30.4. The second-order valence-electron chi connectivity index (χ2n) is 12.3. The number of anilines is 1. The zero-order chi connectivity index (χ0) is 33.4. The highest BCUT2D eigenvalue weighted by Crippen LogP contribution is 2.29. The van der Waals surface area contributed by atoms with Crippen molar-refractivity contribution in [2.24, 2.45) is 0 Å². The Bertz CT molecular complexity index is 1760. The van der Waals surface area contributed by atoms with Gasteiger partial charge in [-0.25, -0.2) is 8.42 Å². The molecule has 5 rings (SSSR count). The molecule has 4 aromatic rings. The number of amides is 2. The fourth-order valence-electron chi connectivity index (χ4n) is 5.98. The van der Waals surface area contributed by atoms with E-state index in [2.05, 4.69) is 5.32 Å². The van der Waals surface area contributed by atoms with Crippen molar-refractivity contribution in [1.29, 1.82) is 0 Å². The van der Waals surface area contributed by atoms with E-state index in [4.69, 9.17) is 11.6 Å².